The Kier molecular flexibility index (Phi) is 5.88. The van der Waals surface area contributed by atoms with Crippen molar-refractivity contribution < 1.29 is 14.7 Å². The summed E-state index contributed by atoms with van der Waals surface area (Å²) in [5, 5.41) is 11.9. The lowest BCUT2D eigenvalue weighted by atomic mass is 9.84. The Hall–Kier alpha value is -1.26. The van der Waals surface area contributed by atoms with E-state index in [-0.39, 0.29) is 12.5 Å². The summed E-state index contributed by atoms with van der Waals surface area (Å²) in [4.78, 5) is 24.8. The number of nitrogens with zero attached hydrogens (tertiary/aromatic N) is 1. The minimum Gasteiger partial charge on any atom is -0.481 e. The van der Waals surface area contributed by atoms with Gasteiger partial charge in [-0.25, -0.2) is 4.79 Å². The summed E-state index contributed by atoms with van der Waals surface area (Å²) in [6, 6.07) is 0.379. The van der Waals surface area contributed by atoms with Crippen LogP contribution in [0.15, 0.2) is 0 Å². The number of hydrogen-bond donors (Lipinski definition) is 2. The number of hydrogen-bond acceptors (Lipinski definition) is 2. The molecule has 1 saturated carbocycles. The molecule has 1 saturated heterocycles. The van der Waals surface area contributed by atoms with Gasteiger partial charge in [0.1, 0.15) is 0 Å². The van der Waals surface area contributed by atoms with Crippen molar-refractivity contribution in [1.82, 2.24) is 10.2 Å². The summed E-state index contributed by atoms with van der Waals surface area (Å²) in [7, 11) is 0. The number of aliphatic carboxylic acids is 1. The van der Waals surface area contributed by atoms with Crippen molar-refractivity contribution in [3.05, 3.63) is 0 Å². The lowest BCUT2D eigenvalue weighted by Crippen LogP contribution is -2.45. The molecular weight excluding hydrogens is 268 g/mol. The van der Waals surface area contributed by atoms with Gasteiger partial charge >= 0.3 is 12.0 Å². The first-order chi connectivity index (χ1) is 10.1. The Balaban J connectivity index is 1.72. The van der Waals surface area contributed by atoms with Crippen LogP contribution in [0.1, 0.15) is 58.3 Å². The predicted molar refractivity (Wildman–Crippen MR) is 81.1 cm³/mol. The van der Waals surface area contributed by atoms with Crippen molar-refractivity contribution >= 4 is 12.0 Å². The number of carbonyl (C=O) groups is 2. The van der Waals surface area contributed by atoms with Gasteiger partial charge in [-0.05, 0) is 37.5 Å². The van der Waals surface area contributed by atoms with E-state index in [1.54, 1.807) is 0 Å². The molecule has 1 heterocycles. The molecule has 3 atom stereocenters. The highest BCUT2D eigenvalue weighted by atomic mass is 16.4. The van der Waals surface area contributed by atoms with Crippen LogP contribution in [-0.2, 0) is 4.79 Å². The highest BCUT2D eigenvalue weighted by Gasteiger charge is 2.29. The van der Waals surface area contributed by atoms with Gasteiger partial charge < -0.3 is 15.3 Å². The van der Waals surface area contributed by atoms with Gasteiger partial charge in [-0.2, -0.15) is 0 Å². The van der Waals surface area contributed by atoms with Crippen LogP contribution in [0.25, 0.3) is 0 Å². The van der Waals surface area contributed by atoms with Gasteiger partial charge in [0.15, 0.2) is 0 Å². The Morgan fingerprint density at radius 3 is 2.76 bits per heavy atom. The second-order valence-electron chi connectivity index (χ2n) is 6.62. The minimum absolute atomic E-state index is 0.0505. The van der Waals surface area contributed by atoms with E-state index in [9.17, 15) is 9.59 Å². The first-order valence-corrected chi connectivity index (χ1v) is 8.35. The first kappa shape index (κ1) is 16.1. The molecule has 1 aliphatic heterocycles. The number of carboxylic acids is 1. The molecule has 0 aromatic carbocycles. The zero-order valence-electron chi connectivity index (χ0n) is 13.0. The van der Waals surface area contributed by atoms with Gasteiger partial charge in [0.25, 0.3) is 0 Å². The van der Waals surface area contributed by atoms with E-state index in [0.717, 1.165) is 31.7 Å². The van der Waals surface area contributed by atoms with Crippen molar-refractivity contribution in [1.29, 1.82) is 0 Å². The van der Waals surface area contributed by atoms with Gasteiger partial charge in [-0.15, -0.1) is 0 Å². The number of likely N-dealkylation sites (tertiary alicyclic amines) is 1. The number of nitrogens with one attached hydrogen (secondary N) is 1. The molecule has 2 fully saturated rings. The average Bonchev–Trinajstić information content (AvgIpc) is 2.94. The molecule has 0 radical (unpaired) electrons. The van der Waals surface area contributed by atoms with Gasteiger partial charge in [-0.1, -0.05) is 26.2 Å². The van der Waals surface area contributed by atoms with E-state index in [0.29, 0.717) is 24.9 Å². The minimum atomic E-state index is -0.745. The van der Waals surface area contributed by atoms with E-state index in [1.165, 1.54) is 19.3 Å². The maximum atomic E-state index is 12.3. The maximum Gasteiger partial charge on any atom is 0.317 e. The maximum absolute atomic E-state index is 12.3. The fraction of sp³-hybridized carbons (Fsp3) is 0.875. The van der Waals surface area contributed by atoms with Crippen molar-refractivity contribution in [2.45, 2.75) is 64.3 Å². The van der Waals surface area contributed by atoms with Gasteiger partial charge in [-0.3, -0.25) is 4.79 Å². The van der Waals surface area contributed by atoms with Crippen molar-refractivity contribution in [2.75, 3.05) is 13.1 Å². The molecule has 5 heteroatoms. The van der Waals surface area contributed by atoms with E-state index in [2.05, 4.69) is 12.2 Å². The lowest BCUT2D eigenvalue weighted by molar-refractivity contribution is -0.137. The normalized spacial score (nSPS) is 29.4. The third-order valence-electron chi connectivity index (χ3n) is 5.03. The van der Waals surface area contributed by atoms with E-state index < -0.39 is 5.97 Å². The Bertz CT molecular complexity index is 373. The molecule has 0 aromatic heterocycles. The second-order valence-corrected chi connectivity index (χ2v) is 6.62. The second kappa shape index (κ2) is 7.66. The highest BCUT2D eigenvalue weighted by molar-refractivity contribution is 5.74. The molecule has 5 nitrogen and oxygen atoms in total. The predicted octanol–water partition coefficient (Wildman–Crippen LogP) is 2.85. The van der Waals surface area contributed by atoms with E-state index >= 15 is 0 Å². The van der Waals surface area contributed by atoms with Crippen molar-refractivity contribution in [3.8, 4) is 0 Å². The van der Waals surface area contributed by atoms with Crippen LogP contribution in [0.5, 0.6) is 0 Å². The fourth-order valence-corrected chi connectivity index (χ4v) is 3.64. The molecule has 21 heavy (non-hydrogen) atoms. The van der Waals surface area contributed by atoms with Gasteiger partial charge in [0.2, 0.25) is 0 Å². The molecule has 0 bridgehead atoms. The summed E-state index contributed by atoms with van der Waals surface area (Å²) in [6.45, 7) is 3.70. The lowest BCUT2D eigenvalue weighted by Gasteiger charge is -2.30. The van der Waals surface area contributed by atoms with E-state index in [4.69, 9.17) is 5.11 Å². The quantitative estimate of drug-likeness (QED) is 0.819. The SMILES string of the molecule is CCC1CCCC(NC(=O)N2CCC(CCC(=O)O)C2)C1. The Labute approximate surface area is 127 Å². The zero-order chi connectivity index (χ0) is 15.2. The molecule has 2 aliphatic rings. The largest absolute Gasteiger partial charge is 0.481 e. The number of carboxylic acid groups (broad SMARTS) is 1. The van der Waals surface area contributed by atoms with Crippen LogP contribution >= 0.6 is 0 Å². The third kappa shape index (κ3) is 4.90. The van der Waals surface area contributed by atoms with Crippen LogP contribution in [0.3, 0.4) is 0 Å². The van der Waals surface area contributed by atoms with Crippen molar-refractivity contribution in [2.24, 2.45) is 11.8 Å². The summed E-state index contributed by atoms with van der Waals surface area (Å²) in [5.74, 6) is 0.359. The fourth-order valence-electron chi connectivity index (χ4n) is 3.64. The van der Waals surface area contributed by atoms with Gasteiger partial charge in [0, 0.05) is 25.6 Å². The number of carbonyl (C=O) groups excluding carboxylic acids is 1. The summed E-state index contributed by atoms with van der Waals surface area (Å²) >= 11 is 0. The molecule has 0 spiro atoms. The number of amides is 2. The third-order valence-corrected chi connectivity index (χ3v) is 5.03. The molecule has 1 aliphatic carbocycles. The smallest absolute Gasteiger partial charge is 0.317 e. The zero-order valence-corrected chi connectivity index (χ0v) is 13.0. The molecule has 2 amide bonds. The first-order valence-electron chi connectivity index (χ1n) is 8.35. The molecule has 2 N–H and O–H groups in total. The van der Waals surface area contributed by atoms with Crippen LogP contribution < -0.4 is 5.32 Å². The standard InChI is InChI=1S/C16H28N2O3/c1-2-12-4-3-5-14(10-12)17-16(21)18-9-8-13(11-18)6-7-15(19)20/h12-14H,2-11H2,1H3,(H,17,21)(H,19,20). The molecule has 3 unspecified atom stereocenters. The van der Waals surface area contributed by atoms with Gasteiger partial charge in [0.05, 0.1) is 0 Å². The van der Waals surface area contributed by atoms with Crippen LogP contribution in [0, 0.1) is 11.8 Å². The monoisotopic (exact) mass is 296 g/mol. The highest BCUT2D eigenvalue weighted by Crippen LogP contribution is 2.27. The van der Waals surface area contributed by atoms with Crippen molar-refractivity contribution in [3.63, 3.8) is 0 Å². The molecule has 120 valence electrons. The van der Waals surface area contributed by atoms with Crippen LogP contribution in [0.2, 0.25) is 0 Å². The summed E-state index contributed by atoms with van der Waals surface area (Å²) in [5.41, 5.74) is 0. The summed E-state index contributed by atoms with van der Waals surface area (Å²) in [6.07, 6.45) is 7.74. The Morgan fingerprint density at radius 2 is 2.05 bits per heavy atom. The summed E-state index contributed by atoms with van der Waals surface area (Å²) < 4.78 is 0. The number of urea groups is 1. The molecule has 2 rings (SSSR count). The Morgan fingerprint density at radius 1 is 1.24 bits per heavy atom. The van der Waals surface area contributed by atoms with Crippen LogP contribution in [0.4, 0.5) is 4.79 Å². The number of rotatable bonds is 5. The molecule has 0 aromatic rings. The topological polar surface area (TPSA) is 69.6 Å². The van der Waals surface area contributed by atoms with E-state index in [1.807, 2.05) is 4.90 Å². The van der Waals surface area contributed by atoms with Crippen LogP contribution in [-0.4, -0.2) is 41.1 Å². The molecular formula is C16H28N2O3. The average molecular weight is 296 g/mol.